The Morgan fingerprint density at radius 2 is 1.91 bits per heavy atom. The fraction of sp³-hybridized carbons (Fsp3) is 0.435. The van der Waals surface area contributed by atoms with Gasteiger partial charge < -0.3 is 15.5 Å². The molecule has 1 aliphatic carbocycles. The third kappa shape index (κ3) is 3.85. The normalized spacial score (nSPS) is 18.7. The molecule has 0 bridgehead atoms. The van der Waals surface area contributed by atoms with Crippen LogP contribution in [0.4, 0.5) is 11.6 Å². The molecule has 0 spiro atoms. The van der Waals surface area contributed by atoms with Crippen LogP contribution in [-0.2, 0) is 0 Å². The van der Waals surface area contributed by atoms with Gasteiger partial charge in [0.05, 0.1) is 28.1 Å². The lowest BCUT2D eigenvalue weighted by atomic mass is 9.91. The number of halogens is 1. The average molecular weight is 466 g/mol. The molecule has 0 unspecified atom stereocenters. The summed E-state index contributed by atoms with van der Waals surface area (Å²) in [7, 11) is 5.91. The van der Waals surface area contributed by atoms with Crippen molar-refractivity contribution in [1.29, 1.82) is 0 Å². The molecule has 1 aliphatic rings. The number of rotatable bonds is 4. The van der Waals surface area contributed by atoms with Crippen LogP contribution in [0.3, 0.4) is 0 Å². The van der Waals surface area contributed by atoms with Crippen LogP contribution in [0.5, 0.6) is 0 Å². The first-order chi connectivity index (χ1) is 15.8. The molecule has 0 aliphatic heterocycles. The summed E-state index contributed by atoms with van der Waals surface area (Å²) >= 11 is 6.81. The van der Waals surface area contributed by atoms with E-state index in [-0.39, 0.29) is 6.04 Å². The molecule has 5 rings (SSSR count). The summed E-state index contributed by atoms with van der Waals surface area (Å²) < 4.78 is 0. The predicted octanol–water partition coefficient (Wildman–Crippen LogP) is 3.70. The van der Waals surface area contributed by atoms with Crippen molar-refractivity contribution in [2.45, 2.75) is 44.7 Å². The molecule has 1 fully saturated rings. The molecule has 3 N–H and O–H groups in total. The molecule has 3 aromatic heterocycles. The molecule has 1 saturated carbocycles. The van der Waals surface area contributed by atoms with E-state index in [0.717, 1.165) is 59.8 Å². The van der Waals surface area contributed by atoms with Crippen LogP contribution >= 0.6 is 11.6 Å². The number of aromatic nitrogens is 6. The standard InChI is InChI=1S/C23H28ClN9/c1-12-23(33(4)14-7-5-6-13(25)10-14)29-22-21(27-12)19(30-31-22)15-8-9-16-20(18(15)24)28-17(11-26-16)32(2)3/h8-9,11,13-14H,5-7,10,25H2,1-4H3,(H,29,30,31)/t13-,14+/m0/s1. The molecule has 4 aromatic rings. The van der Waals surface area contributed by atoms with Gasteiger partial charge in [0.2, 0.25) is 5.65 Å². The summed E-state index contributed by atoms with van der Waals surface area (Å²) in [6.07, 6.45) is 6.03. The van der Waals surface area contributed by atoms with Crippen LogP contribution < -0.4 is 15.5 Å². The van der Waals surface area contributed by atoms with Gasteiger partial charge in [-0.2, -0.15) is 5.10 Å². The topological polar surface area (TPSA) is 113 Å². The first kappa shape index (κ1) is 21.8. The Morgan fingerprint density at radius 3 is 2.67 bits per heavy atom. The van der Waals surface area contributed by atoms with Crippen molar-refractivity contribution in [2.75, 3.05) is 30.9 Å². The van der Waals surface area contributed by atoms with Crippen molar-refractivity contribution in [1.82, 2.24) is 30.1 Å². The molecule has 3 heterocycles. The molecule has 1 aromatic carbocycles. The van der Waals surface area contributed by atoms with Gasteiger partial charge in [-0.25, -0.2) is 15.0 Å². The second-order valence-corrected chi connectivity index (χ2v) is 9.39. The lowest BCUT2D eigenvalue weighted by molar-refractivity contribution is 0.381. The molecular weight excluding hydrogens is 438 g/mol. The average Bonchev–Trinajstić information content (AvgIpc) is 3.20. The van der Waals surface area contributed by atoms with Gasteiger partial charge in [-0.05, 0) is 44.7 Å². The summed E-state index contributed by atoms with van der Waals surface area (Å²) in [6.45, 7) is 1.98. The Kier molecular flexibility index (Phi) is 5.54. The second kappa shape index (κ2) is 8.39. The van der Waals surface area contributed by atoms with E-state index in [0.29, 0.717) is 27.7 Å². The van der Waals surface area contributed by atoms with Gasteiger partial charge in [0, 0.05) is 38.8 Å². The van der Waals surface area contributed by atoms with E-state index in [4.69, 9.17) is 27.3 Å². The van der Waals surface area contributed by atoms with E-state index in [1.165, 1.54) is 0 Å². The van der Waals surface area contributed by atoms with Crippen LogP contribution in [0.1, 0.15) is 31.4 Å². The molecule has 2 atom stereocenters. The molecule has 0 radical (unpaired) electrons. The summed E-state index contributed by atoms with van der Waals surface area (Å²) in [5.74, 6) is 1.58. The maximum absolute atomic E-state index is 6.81. The molecular formula is C23H28ClN9. The Bertz CT molecular complexity index is 1330. The largest absolute Gasteiger partial charge is 0.361 e. The maximum atomic E-state index is 6.81. The minimum absolute atomic E-state index is 0.242. The van der Waals surface area contributed by atoms with Gasteiger partial charge in [0.1, 0.15) is 16.9 Å². The van der Waals surface area contributed by atoms with Crippen molar-refractivity contribution < 1.29 is 0 Å². The zero-order valence-corrected chi connectivity index (χ0v) is 20.1. The third-order valence-electron chi connectivity index (χ3n) is 6.47. The van der Waals surface area contributed by atoms with Gasteiger partial charge >= 0.3 is 0 Å². The number of fused-ring (bicyclic) bond motifs is 2. The van der Waals surface area contributed by atoms with Gasteiger partial charge in [-0.15, -0.1) is 0 Å². The SMILES string of the molecule is Cc1nc2c(-c3ccc4ncc(N(C)C)nc4c3Cl)[nH]nc2nc1N(C)[C@@H]1CCC[C@H](N)C1. The van der Waals surface area contributed by atoms with Crippen molar-refractivity contribution in [3.8, 4) is 11.3 Å². The highest BCUT2D eigenvalue weighted by Crippen LogP contribution is 2.36. The number of hydrogen-bond acceptors (Lipinski definition) is 8. The van der Waals surface area contributed by atoms with Gasteiger partial charge in [-0.1, -0.05) is 11.6 Å². The van der Waals surface area contributed by atoms with E-state index in [2.05, 4.69) is 32.1 Å². The lowest BCUT2D eigenvalue weighted by Crippen LogP contribution is -2.41. The Morgan fingerprint density at radius 1 is 1.09 bits per heavy atom. The summed E-state index contributed by atoms with van der Waals surface area (Å²) in [5.41, 5.74) is 11.2. The second-order valence-electron chi connectivity index (χ2n) is 9.01. The quantitative estimate of drug-likeness (QED) is 0.469. The number of anilines is 2. The molecule has 9 nitrogen and oxygen atoms in total. The van der Waals surface area contributed by atoms with Crippen molar-refractivity contribution >= 4 is 45.4 Å². The predicted molar refractivity (Wildman–Crippen MR) is 133 cm³/mol. The number of hydrogen-bond donors (Lipinski definition) is 2. The first-order valence-corrected chi connectivity index (χ1v) is 11.6. The molecule has 0 amide bonds. The highest BCUT2D eigenvalue weighted by Gasteiger charge is 2.26. The maximum Gasteiger partial charge on any atom is 0.202 e. The smallest absolute Gasteiger partial charge is 0.202 e. The van der Waals surface area contributed by atoms with Gasteiger partial charge in [-0.3, -0.25) is 10.1 Å². The van der Waals surface area contributed by atoms with Crippen LogP contribution in [0, 0.1) is 6.92 Å². The Balaban J connectivity index is 1.57. The number of nitrogens with zero attached hydrogens (tertiary/aromatic N) is 7. The van der Waals surface area contributed by atoms with Gasteiger partial charge in [0.25, 0.3) is 0 Å². The monoisotopic (exact) mass is 465 g/mol. The van der Waals surface area contributed by atoms with Crippen LogP contribution in [0.15, 0.2) is 18.3 Å². The molecule has 172 valence electrons. The summed E-state index contributed by atoms with van der Waals surface area (Å²) in [6, 6.07) is 4.43. The fourth-order valence-electron chi connectivity index (χ4n) is 4.60. The van der Waals surface area contributed by atoms with E-state index < -0.39 is 0 Å². The fourth-order valence-corrected chi connectivity index (χ4v) is 4.90. The van der Waals surface area contributed by atoms with Crippen LogP contribution in [-0.4, -0.2) is 63.4 Å². The number of H-pyrrole nitrogens is 1. The summed E-state index contributed by atoms with van der Waals surface area (Å²) in [4.78, 5) is 23.0. The minimum atomic E-state index is 0.242. The zero-order chi connectivity index (χ0) is 23.3. The number of benzene rings is 1. The molecule has 10 heteroatoms. The van der Waals surface area contributed by atoms with Crippen molar-refractivity contribution in [3.05, 3.63) is 29.0 Å². The highest BCUT2D eigenvalue weighted by atomic mass is 35.5. The van der Waals surface area contributed by atoms with E-state index in [1.807, 2.05) is 38.1 Å². The van der Waals surface area contributed by atoms with Crippen LogP contribution in [0.25, 0.3) is 33.5 Å². The van der Waals surface area contributed by atoms with E-state index in [1.54, 1.807) is 6.20 Å². The minimum Gasteiger partial charge on any atom is -0.361 e. The molecule has 33 heavy (non-hydrogen) atoms. The highest BCUT2D eigenvalue weighted by molar-refractivity contribution is 6.38. The van der Waals surface area contributed by atoms with Crippen LogP contribution in [0.2, 0.25) is 5.02 Å². The van der Waals surface area contributed by atoms with E-state index in [9.17, 15) is 0 Å². The molecule has 0 saturated heterocycles. The van der Waals surface area contributed by atoms with Crippen molar-refractivity contribution in [3.63, 3.8) is 0 Å². The van der Waals surface area contributed by atoms with E-state index >= 15 is 0 Å². The summed E-state index contributed by atoms with van der Waals surface area (Å²) in [5, 5.41) is 8.06. The number of aryl methyl sites for hydroxylation is 1. The number of nitrogens with one attached hydrogen (secondary N) is 1. The number of nitrogens with two attached hydrogens (primary N) is 1. The van der Waals surface area contributed by atoms with Gasteiger partial charge in [0.15, 0.2) is 5.82 Å². The van der Waals surface area contributed by atoms with Crippen molar-refractivity contribution in [2.24, 2.45) is 5.73 Å². The Hall–Kier alpha value is -3.04. The third-order valence-corrected chi connectivity index (χ3v) is 6.86. The lowest BCUT2D eigenvalue weighted by Gasteiger charge is -2.35. The number of aromatic amines is 1. The zero-order valence-electron chi connectivity index (χ0n) is 19.3. The Labute approximate surface area is 197 Å². The first-order valence-electron chi connectivity index (χ1n) is 11.2.